The van der Waals surface area contributed by atoms with E-state index in [1.807, 2.05) is 0 Å². The normalized spacial score (nSPS) is 10.3. The van der Waals surface area contributed by atoms with E-state index in [4.69, 9.17) is 11.6 Å². The topological polar surface area (TPSA) is 55.2 Å². The minimum absolute atomic E-state index is 0.0645. The van der Waals surface area contributed by atoms with Gasteiger partial charge in [0.2, 0.25) is 0 Å². The first kappa shape index (κ1) is 14.3. The molecule has 0 bridgehead atoms. The number of nitrogens with zero attached hydrogens (tertiary/aromatic N) is 1. The van der Waals surface area contributed by atoms with Crippen LogP contribution >= 0.6 is 11.6 Å². The van der Waals surface area contributed by atoms with Crippen molar-refractivity contribution < 1.29 is 9.31 Å². The summed E-state index contributed by atoms with van der Waals surface area (Å²) in [5.74, 6) is -0.396. The molecule has 2 aromatic carbocycles. The van der Waals surface area contributed by atoms with Crippen molar-refractivity contribution in [3.05, 3.63) is 68.5 Å². The number of nitrogens with one attached hydrogen (secondary N) is 1. The van der Waals surface area contributed by atoms with Gasteiger partial charge in [-0.2, -0.15) is 0 Å². The lowest BCUT2D eigenvalue weighted by atomic mass is 10.1. The maximum absolute atomic E-state index is 13.1. The van der Waals surface area contributed by atoms with Gasteiger partial charge in [-0.3, -0.25) is 10.1 Å². The van der Waals surface area contributed by atoms with E-state index >= 15 is 0 Å². The maximum Gasteiger partial charge on any atom is 0.272 e. The molecule has 0 saturated heterocycles. The fourth-order valence-corrected chi connectivity index (χ4v) is 2.07. The first-order valence-electron chi connectivity index (χ1n) is 5.91. The molecule has 0 spiro atoms. The largest absolute Gasteiger partial charge is 0.380 e. The summed E-state index contributed by atoms with van der Waals surface area (Å²) >= 11 is 5.95. The standard InChI is InChI=1S/C14H12ClFN2O2/c1-9-10(3-2-4-14(9)18(19)20)8-17-13-7-11(16)5-6-12(13)15/h2-7,17H,8H2,1H3. The molecule has 0 aromatic heterocycles. The smallest absolute Gasteiger partial charge is 0.272 e. The summed E-state index contributed by atoms with van der Waals surface area (Å²) in [5, 5.41) is 14.2. The number of hydrogen-bond acceptors (Lipinski definition) is 3. The molecule has 0 aliphatic heterocycles. The van der Waals surface area contributed by atoms with E-state index in [-0.39, 0.29) is 5.69 Å². The first-order chi connectivity index (χ1) is 9.49. The molecule has 0 aliphatic rings. The van der Waals surface area contributed by atoms with E-state index in [9.17, 15) is 14.5 Å². The highest BCUT2D eigenvalue weighted by Gasteiger charge is 2.13. The van der Waals surface area contributed by atoms with Gasteiger partial charge in [-0.25, -0.2) is 4.39 Å². The highest BCUT2D eigenvalue weighted by Crippen LogP contribution is 2.25. The monoisotopic (exact) mass is 294 g/mol. The molecule has 0 radical (unpaired) electrons. The third-order valence-corrected chi connectivity index (χ3v) is 3.34. The molecule has 0 fully saturated rings. The average Bonchev–Trinajstić information content (AvgIpc) is 2.41. The predicted octanol–water partition coefficient (Wildman–Crippen LogP) is 4.31. The molecular weight excluding hydrogens is 283 g/mol. The lowest BCUT2D eigenvalue weighted by Crippen LogP contribution is -2.04. The summed E-state index contributed by atoms with van der Waals surface area (Å²) in [4.78, 5) is 10.4. The van der Waals surface area contributed by atoms with Gasteiger partial charge < -0.3 is 5.32 Å². The van der Waals surface area contributed by atoms with Crippen molar-refractivity contribution in [2.45, 2.75) is 13.5 Å². The number of nitro groups is 1. The molecule has 0 atom stereocenters. The molecule has 6 heteroatoms. The molecule has 0 saturated carbocycles. The van der Waals surface area contributed by atoms with E-state index in [0.29, 0.717) is 22.8 Å². The summed E-state index contributed by atoms with van der Waals surface area (Å²) in [6.07, 6.45) is 0. The quantitative estimate of drug-likeness (QED) is 0.675. The molecule has 0 amide bonds. The van der Waals surface area contributed by atoms with E-state index in [2.05, 4.69) is 5.32 Å². The van der Waals surface area contributed by atoms with Crippen LogP contribution in [0, 0.1) is 22.9 Å². The van der Waals surface area contributed by atoms with Gasteiger partial charge in [0.25, 0.3) is 5.69 Å². The van der Waals surface area contributed by atoms with Gasteiger partial charge in [0.15, 0.2) is 0 Å². The number of nitro benzene ring substituents is 1. The molecule has 1 N–H and O–H groups in total. The van der Waals surface area contributed by atoms with Gasteiger partial charge in [0.1, 0.15) is 5.82 Å². The van der Waals surface area contributed by atoms with Crippen molar-refractivity contribution >= 4 is 23.0 Å². The van der Waals surface area contributed by atoms with E-state index in [1.54, 1.807) is 19.1 Å². The van der Waals surface area contributed by atoms with Crippen LogP contribution in [0.5, 0.6) is 0 Å². The van der Waals surface area contributed by atoms with Crippen LogP contribution in [-0.4, -0.2) is 4.92 Å². The Hall–Kier alpha value is -2.14. The van der Waals surface area contributed by atoms with E-state index in [0.717, 1.165) is 5.56 Å². The van der Waals surface area contributed by atoms with Crippen LogP contribution in [0.1, 0.15) is 11.1 Å². The van der Waals surface area contributed by atoms with Crippen LogP contribution in [-0.2, 0) is 6.54 Å². The number of rotatable bonds is 4. The van der Waals surface area contributed by atoms with E-state index in [1.165, 1.54) is 24.3 Å². The van der Waals surface area contributed by atoms with Crippen LogP contribution in [0.2, 0.25) is 5.02 Å². The van der Waals surface area contributed by atoms with Crippen molar-refractivity contribution in [2.24, 2.45) is 0 Å². The van der Waals surface area contributed by atoms with Gasteiger partial charge in [0, 0.05) is 18.2 Å². The van der Waals surface area contributed by atoms with Crippen LogP contribution in [0.25, 0.3) is 0 Å². The zero-order valence-electron chi connectivity index (χ0n) is 10.7. The summed E-state index contributed by atoms with van der Waals surface area (Å²) in [7, 11) is 0. The molecule has 20 heavy (non-hydrogen) atoms. The zero-order valence-corrected chi connectivity index (χ0v) is 11.4. The molecular formula is C14H12ClFN2O2. The van der Waals surface area contributed by atoms with Crippen LogP contribution in [0.3, 0.4) is 0 Å². The summed E-state index contributed by atoms with van der Waals surface area (Å²) in [6, 6.07) is 8.87. The van der Waals surface area contributed by atoms with Crippen LogP contribution in [0.15, 0.2) is 36.4 Å². The Balaban J connectivity index is 2.21. The van der Waals surface area contributed by atoms with Crippen molar-refractivity contribution in [1.29, 1.82) is 0 Å². The minimum atomic E-state index is -0.423. The second-order valence-corrected chi connectivity index (χ2v) is 4.70. The number of hydrogen-bond donors (Lipinski definition) is 1. The van der Waals surface area contributed by atoms with Gasteiger partial charge in [-0.05, 0) is 30.7 Å². The minimum Gasteiger partial charge on any atom is -0.380 e. The Morgan fingerprint density at radius 2 is 2.10 bits per heavy atom. The predicted molar refractivity (Wildman–Crippen MR) is 76.6 cm³/mol. The number of anilines is 1. The Bertz CT molecular complexity index is 662. The third kappa shape index (κ3) is 3.05. The Morgan fingerprint density at radius 3 is 2.80 bits per heavy atom. The molecule has 104 valence electrons. The third-order valence-electron chi connectivity index (χ3n) is 3.01. The Kier molecular flexibility index (Phi) is 4.20. The Morgan fingerprint density at radius 1 is 1.35 bits per heavy atom. The van der Waals surface area contributed by atoms with Gasteiger partial charge in [0.05, 0.1) is 15.6 Å². The van der Waals surface area contributed by atoms with E-state index < -0.39 is 10.7 Å². The molecule has 0 heterocycles. The molecule has 0 aliphatic carbocycles. The summed E-state index contributed by atoms with van der Waals surface area (Å²) in [6.45, 7) is 2.01. The van der Waals surface area contributed by atoms with Crippen molar-refractivity contribution in [1.82, 2.24) is 0 Å². The van der Waals surface area contributed by atoms with Crippen molar-refractivity contribution in [3.8, 4) is 0 Å². The van der Waals surface area contributed by atoms with Crippen LogP contribution in [0.4, 0.5) is 15.8 Å². The molecule has 0 unspecified atom stereocenters. The second kappa shape index (κ2) is 5.88. The number of benzene rings is 2. The molecule has 4 nitrogen and oxygen atoms in total. The van der Waals surface area contributed by atoms with Crippen molar-refractivity contribution in [2.75, 3.05) is 5.32 Å². The molecule has 2 rings (SSSR count). The van der Waals surface area contributed by atoms with Gasteiger partial charge in [-0.15, -0.1) is 0 Å². The Labute approximate surface area is 120 Å². The van der Waals surface area contributed by atoms with Gasteiger partial charge in [-0.1, -0.05) is 23.7 Å². The fraction of sp³-hybridized carbons (Fsp3) is 0.143. The fourth-order valence-electron chi connectivity index (χ4n) is 1.88. The van der Waals surface area contributed by atoms with Crippen molar-refractivity contribution in [3.63, 3.8) is 0 Å². The number of halogens is 2. The maximum atomic E-state index is 13.1. The first-order valence-corrected chi connectivity index (χ1v) is 6.28. The summed E-state index contributed by atoms with van der Waals surface area (Å²) in [5.41, 5.74) is 1.87. The van der Waals surface area contributed by atoms with Gasteiger partial charge >= 0.3 is 0 Å². The average molecular weight is 295 g/mol. The molecule has 2 aromatic rings. The lowest BCUT2D eigenvalue weighted by molar-refractivity contribution is -0.385. The lowest BCUT2D eigenvalue weighted by Gasteiger charge is -2.10. The van der Waals surface area contributed by atoms with Crippen LogP contribution < -0.4 is 5.32 Å². The highest BCUT2D eigenvalue weighted by atomic mass is 35.5. The summed E-state index contributed by atoms with van der Waals surface area (Å²) < 4.78 is 13.1. The zero-order chi connectivity index (χ0) is 14.7. The highest BCUT2D eigenvalue weighted by molar-refractivity contribution is 6.33. The second-order valence-electron chi connectivity index (χ2n) is 4.30. The SMILES string of the molecule is Cc1c(CNc2cc(F)ccc2Cl)cccc1[N+](=O)[O-].